The summed E-state index contributed by atoms with van der Waals surface area (Å²) >= 11 is 1.55. The Morgan fingerprint density at radius 1 is 1.06 bits per heavy atom. The summed E-state index contributed by atoms with van der Waals surface area (Å²) in [4.78, 5) is 27.5. The highest BCUT2D eigenvalue weighted by Crippen LogP contribution is 2.33. The highest BCUT2D eigenvalue weighted by molar-refractivity contribution is 7.15. The third kappa shape index (κ3) is 4.25. The van der Waals surface area contributed by atoms with Crippen LogP contribution in [-0.2, 0) is 13.1 Å². The Labute approximate surface area is 196 Å². The van der Waals surface area contributed by atoms with Crippen molar-refractivity contribution in [3.8, 4) is 10.4 Å². The van der Waals surface area contributed by atoms with Crippen LogP contribution < -0.4 is 10.9 Å². The van der Waals surface area contributed by atoms with Crippen molar-refractivity contribution >= 4 is 28.1 Å². The lowest BCUT2D eigenvalue weighted by molar-refractivity contribution is 0.0949. The number of hydrogen-bond donors (Lipinski definition) is 2. The lowest BCUT2D eigenvalue weighted by Gasteiger charge is -2.09. The fraction of sp³-hybridized carbons (Fsp3) is 0.0800. The molecule has 0 bridgehead atoms. The van der Waals surface area contributed by atoms with Crippen LogP contribution in [0.15, 0.2) is 77.9 Å². The molecule has 0 fully saturated rings. The molecular formula is C25H18F2N4O2S. The molecule has 6 nitrogen and oxygen atoms in total. The number of hydrogen-bond acceptors (Lipinski definition) is 4. The number of carbonyl (C=O) groups excluding carboxylic acids is 1. The average molecular weight is 477 g/mol. The third-order valence-corrected chi connectivity index (χ3v) is 6.56. The Morgan fingerprint density at radius 2 is 1.94 bits per heavy atom. The third-order valence-electron chi connectivity index (χ3n) is 5.44. The van der Waals surface area contributed by atoms with E-state index in [1.165, 1.54) is 22.9 Å². The van der Waals surface area contributed by atoms with Crippen LogP contribution >= 0.6 is 11.3 Å². The summed E-state index contributed by atoms with van der Waals surface area (Å²) in [7, 11) is 0. The lowest BCUT2D eigenvalue weighted by atomic mass is 10.1. The van der Waals surface area contributed by atoms with Gasteiger partial charge < -0.3 is 9.88 Å². The van der Waals surface area contributed by atoms with Gasteiger partial charge in [-0.25, -0.2) is 8.78 Å². The van der Waals surface area contributed by atoms with E-state index < -0.39 is 23.1 Å². The van der Waals surface area contributed by atoms with Crippen molar-refractivity contribution in [3.05, 3.63) is 111 Å². The van der Waals surface area contributed by atoms with Gasteiger partial charge >= 0.3 is 0 Å². The normalized spacial score (nSPS) is 11.1. The van der Waals surface area contributed by atoms with E-state index in [1.54, 1.807) is 23.6 Å². The van der Waals surface area contributed by atoms with E-state index in [-0.39, 0.29) is 18.7 Å². The second-order valence-corrected chi connectivity index (χ2v) is 8.86. The number of nitrogens with zero attached hydrogens (tertiary/aromatic N) is 2. The number of nitrogens with one attached hydrogen (secondary N) is 2. The van der Waals surface area contributed by atoms with Gasteiger partial charge in [-0.2, -0.15) is 5.10 Å². The Hall–Kier alpha value is -4.11. The standard InChI is InChI=1S/C25H18F2N4O2S/c26-20-8-6-15(11-21(20)27)14-31-10-2-4-18(25(31)33)24(32)28-12-16-7-9-23(34-16)17-3-1-5-22-19(17)13-29-30-22/h1-11,13H,12,14H2,(H,28,32)(H,29,30). The highest BCUT2D eigenvalue weighted by atomic mass is 32.1. The number of fused-ring (bicyclic) bond motifs is 1. The van der Waals surface area contributed by atoms with E-state index in [0.717, 1.165) is 38.4 Å². The first-order valence-corrected chi connectivity index (χ1v) is 11.2. The maximum atomic E-state index is 13.5. The van der Waals surface area contributed by atoms with Crippen LogP contribution in [0.1, 0.15) is 20.8 Å². The molecule has 0 saturated heterocycles. The van der Waals surface area contributed by atoms with Gasteiger partial charge in [-0.1, -0.05) is 18.2 Å². The predicted molar refractivity (Wildman–Crippen MR) is 127 cm³/mol. The van der Waals surface area contributed by atoms with Crippen LogP contribution in [0, 0.1) is 11.6 Å². The van der Waals surface area contributed by atoms with Gasteiger partial charge in [-0.3, -0.25) is 14.7 Å². The smallest absolute Gasteiger partial charge is 0.263 e. The molecule has 3 heterocycles. The van der Waals surface area contributed by atoms with E-state index in [2.05, 4.69) is 15.5 Å². The summed E-state index contributed by atoms with van der Waals surface area (Å²) in [6.45, 7) is 0.285. The van der Waals surface area contributed by atoms with Crippen molar-refractivity contribution in [1.29, 1.82) is 0 Å². The minimum absolute atomic E-state index is 0.0188. The fourth-order valence-electron chi connectivity index (χ4n) is 3.73. The molecule has 34 heavy (non-hydrogen) atoms. The summed E-state index contributed by atoms with van der Waals surface area (Å²) in [5.74, 6) is -2.45. The molecule has 0 saturated carbocycles. The summed E-state index contributed by atoms with van der Waals surface area (Å²) in [5, 5.41) is 10.9. The zero-order valence-electron chi connectivity index (χ0n) is 17.7. The molecule has 0 aliphatic carbocycles. The minimum atomic E-state index is -0.987. The van der Waals surface area contributed by atoms with E-state index in [1.807, 2.05) is 30.3 Å². The number of aromatic amines is 1. The first-order chi connectivity index (χ1) is 16.5. The molecule has 3 aromatic heterocycles. The number of carbonyl (C=O) groups is 1. The van der Waals surface area contributed by atoms with Crippen LogP contribution in [0.5, 0.6) is 0 Å². The molecule has 0 spiro atoms. The molecule has 0 unspecified atom stereocenters. The van der Waals surface area contributed by atoms with Crippen LogP contribution in [0.3, 0.4) is 0 Å². The van der Waals surface area contributed by atoms with Crippen LogP contribution in [-0.4, -0.2) is 20.7 Å². The van der Waals surface area contributed by atoms with Crippen molar-refractivity contribution in [2.24, 2.45) is 0 Å². The van der Waals surface area contributed by atoms with Gasteiger partial charge in [0.15, 0.2) is 11.6 Å². The van der Waals surface area contributed by atoms with Gasteiger partial charge in [0.25, 0.3) is 11.5 Å². The van der Waals surface area contributed by atoms with Crippen molar-refractivity contribution in [1.82, 2.24) is 20.1 Å². The zero-order chi connectivity index (χ0) is 23.7. The Balaban J connectivity index is 1.30. The monoisotopic (exact) mass is 476 g/mol. The fourth-order valence-corrected chi connectivity index (χ4v) is 4.72. The van der Waals surface area contributed by atoms with Gasteiger partial charge in [0.1, 0.15) is 5.56 Å². The number of halogens is 2. The molecule has 2 N–H and O–H groups in total. The van der Waals surface area contributed by atoms with Crippen molar-refractivity contribution in [2.75, 3.05) is 0 Å². The highest BCUT2D eigenvalue weighted by Gasteiger charge is 2.14. The van der Waals surface area contributed by atoms with Crippen LogP contribution in [0.25, 0.3) is 21.3 Å². The van der Waals surface area contributed by atoms with Crippen molar-refractivity contribution < 1.29 is 13.6 Å². The average Bonchev–Trinajstić information content (AvgIpc) is 3.51. The molecule has 9 heteroatoms. The molecule has 2 aromatic carbocycles. The minimum Gasteiger partial charge on any atom is -0.347 e. The van der Waals surface area contributed by atoms with E-state index >= 15 is 0 Å². The number of benzene rings is 2. The number of aromatic nitrogens is 3. The Morgan fingerprint density at radius 3 is 2.79 bits per heavy atom. The first kappa shape index (κ1) is 21.7. The number of rotatable bonds is 6. The molecule has 170 valence electrons. The van der Waals surface area contributed by atoms with Gasteiger partial charge in [0.05, 0.1) is 24.8 Å². The van der Waals surface area contributed by atoms with Crippen molar-refractivity contribution in [3.63, 3.8) is 0 Å². The van der Waals surface area contributed by atoms with Gasteiger partial charge in [0, 0.05) is 26.9 Å². The first-order valence-electron chi connectivity index (χ1n) is 10.4. The summed E-state index contributed by atoms with van der Waals surface area (Å²) < 4.78 is 27.9. The van der Waals surface area contributed by atoms with Crippen molar-refractivity contribution in [2.45, 2.75) is 13.1 Å². The summed E-state index contributed by atoms with van der Waals surface area (Å²) in [6.07, 6.45) is 3.29. The molecular weight excluding hydrogens is 458 g/mol. The lowest BCUT2D eigenvalue weighted by Crippen LogP contribution is -2.32. The number of amides is 1. The summed E-state index contributed by atoms with van der Waals surface area (Å²) in [5.41, 5.74) is 1.88. The number of H-pyrrole nitrogens is 1. The van der Waals surface area contributed by atoms with E-state index in [9.17, 15) is 18.4 Å². The molecule has 0 radical (unpaired) electrons. The molecule has 5 aromatic rings. The maximum absolute atomic E-state index is 13.5. The van der Waals surface area contributed by atoms with Gasteiger partial charge in [0.2, 0.25) is 0 Å². The zero-order valence-corrected chi connectivity index (χ0v) is 18.5. The molecule has 0 aliphatic heterocycles. The van der Waals surface area contributed by atoms with Crippen LogP contribution in [0.4, 0.5) is 8.78 Å². The SMILES string of the molecule is O=C(NCc1ccc(-c2cccc3[nH]ncc23)s1)c1cccn(Cc2ccc(F)c(F)c2)c1=O. The molecule has 5 rings (SSSR count). The van der Waals surface area contributed by atoms with Gasteiger partial charge in [-0.15, -0.1) is 11.3 Å². The second kappa shape index (κ2) is 9.03. The summed E-state index contributed by atoms with van der Waals surface area (Å²) in [6, 6.07) is 16.3. The predicted octanol–water partition coefficient (Wildman–Crippen LogP) is 4.71. The number of pyridine rings is 1. The van der Waals surface area contributed by atoms with E-state index in [0.29, 0.717) is 5.56 Å². The quantitative estimate of drug-likeness (QED) is 0.373. The largest absolute Gasteiger partial charge is 0.347 e. The molecule has 0 aliphatic rings. The molecule has 1 amide bonds. The van der Waals surface area contributed by atoms with Crippen LogP contribution in [0.2, 0.25) is 0 Å². The Bertz CT molecular complexity index is 1570. The molecule has 0 atom stereocenters. The Kier molecular flexibility index (Phi) is 5.77. The van der Waals surface area contributed by atoms with E-state index in [4.69, 9.17) is 0 Å². The number of thiophene rings is 1. The topological polar surface area (TPSA) is 79.8 Å². The van der Waals surface area contributed by atoms with Gasteiger partial charge in [-0.05, 0) is 48.0 Å². The maximum Gasteiger partial charge on any atom is 0.263 e. The second-order valence-electron chi connectivity index (χ2n) is 7.69.